The van der Waals surface area contributed by atoms with Crippen LogP contribution in [0.2, 0.25) is 0 Å². The van der Waals surface area contributed by atoms with Crippen molar-refractivity contribution in [1.29, 1.82) is 0 Å². The highest BCUT2D eigenvalue weighted by molar-refractivity contribution is 5.74. The summed E-state index contributed by atoms with van der Waals surface area (Å²) in [5, 5.41) is 0. The lowest BCUT2D eigenvalue weighted by Crippen LogP contribution is -2.44. The number of hydrogen-bond acceptors (Lipinski definition) is 2. The molecule has 0 radical (unpaired) electrons. The van der Waals surface area contributed by atoms with E-state index in [-0.39, 0.29) is 6.03 Å². The predicted molar refractivity (Wildman–Crippen MR) is 61.7 cm³/mol. The van der Waals surface area contributed by atoms with Crippen LogP contribution in [-0.4, -0.2) is 49.1 Å². The van der Waals surface area contributed by atoms with E-state index < -0.39 is 0 Å². The average Bonchev–Trinajstić information content (AvgIpc) is 2.16. The summed E-state index contributed by atoms with van der Waals surface area (Å²) in [6.45, 7) is 3.01. The number of nitrogens with zero attached hydrogens (tertiary/aromatic N) is 2. The zero-order chi connectivity index (χ0) is 11.1. The predicted octanol–water partition coefficient (Wildman–Crippen LogP) is 1.26. The highest BCUT2D eigenvalue weighted by atomic mass is 16.2. The summed E-state index contributed by atoms with van der Waals surface area (Å²) in [5.74, 6) is 0. The van der Waals surface area contributed by atoms with Gasteiger partial charge in [0.15, 0.2) is 0 Å². The minimum absolute atomic E-state index is 0.141. The van der Waals surface area contributed by atoms with Gasteiger partial charge in [-0.1, -0.05) is 19.3 Å². The Labute approximate surface area is 92.4 Å². The lowest BCUT2D eigenvalue weighted by Gasteiger charge is -2.29. The van der Waals surface area contributed by atoms with Crippen molar-refractivity contribution in [3.05, 3.63) is 0 Å². The molecule has 1 saturated heterocycles. The fourth-order valence-corrected chi connectivity index (χ4v) is 1.97. The molecule has 0 saturated carbocycles. The Bertz CT molecular complexity index is 188. The van der Waals surface area contributed by atoms with Gasteiger partial charge in [-0.15, -0.1) is 0 Å². The number of amides is 2. The van der Waals surface area contributed by atoms with Crippen LogP contribution in [0.15, 0.2) is 0 Å². The number of nitrogens with two attached hydrogens (primary N) is 1. The quantitative estimate of drug-likeness (QED) is 0.751. The van der Waals surface area contributed by atoms with Gasteiger partial charge in [-0.2, -0.15) is 0 Å². The van der Waals surface area contributed by atoms with E-state index in [9.17, 15) is 4.79 Å². The Morgan fingerprint density at radius 1 is 1.20 bits per heavy atom. The highest BCUT2D eigenvalue weighted by Crippen LogP contribution is 2.11. The minimum atomic E-state index is 0.141. The Kier molecular flexibility index (Phi) is 5.47. The van der Waals surface area contributed by atoms with Gasteiger partial charge in [0, 0.05) is 33.2 Å². The zero-order valence-corrected chi connectivity index (χ0v) is 9.74. The normalized spacial score (nSPS) is 18.1. The lowest BCUT2D eigenvalue weighted by molar-refractivity contribution is 0.159. The van der Waals surface area contributed by atoms with Gasteiger partial charge in [0.2, 0.25) is 0 Å². The molecule has 0 atom stereocenters. The van der Waals surface area contributed by atoms with Gasteiger partial charge >= 0.3 is 6.03 Å². The average molecular weight is 213 g/mol. The van der Waals surface area contributed by atoms with Gasteiger partial charge < -0.3 is 15.5 Å². The fraction of sp³-hybridized carbons (Fsp3) is 0.909. The van der Waals surface area contributed by atoms with Crippen molar-refractivity contribution in [2.24, 2.45) is 5.73 Å². The maximum absolute atomic E-state index is 11.9. The second-order valence-electron chi connectivity index (χ2n) is 4.25. The highest BCUT2D eigenvalue weighted by Gasteiger charge is 2.17. The molecule has 2 amide bonds. The van der Waals surface area contributed by atoms with Crippen LogP contribution in [0.3, 0.4) is 0 Å². The summed E-state index contributed by atoms with van der Waals surface area (Å²) < 4.78 is 0. The van der Waals surface area contributed by atoms with Gasteiger partial charge in [0.1, 0.15) is 0 Å². The van der Waals surface area contributed by atoms with Crippen molar-refractivity contribution >= 4 is 6.03 Å². The smallest absolute Gasteiger partial charge is 0.319 e. The van der Waals surface area contributed by atoms with Crippen molar-refractivity contribution in [2.75, 3.05) is 33.2 Å². The van der Waals surface area contributed by atoms with E-state index >= 15 is 0 Å². The summed E-state index contributed by atoms with van der Waals surface area (Å²) in [6, 6.07) is 0.141. The third-order valence-electron chi connectivity index (χ3n) is 2.92. The first-order chi connectivity index (χ1) is 7.25. The van der Waals surface area contributed by atoms with E-state index in [0.717, 1.165) is 25.9 Å². The van der Waals surface area contributed by atoms with Gasteiger partial charge in [-0.05, 0) is 12.8 Å². The summed E-state index contributed by atoms with van der Waals surface area (Å²) >= 11 is 0. The van der Waals surface area contributed by atoms with Crippen LogP contribution in [-0.2, 0) is 0 Å². The minimum Gasteiger partial charge on any atom is -0.329 e. The first-order valence-electron chi connectivity index (χ1n) is 5.96. The van der Waals surface area contributed by atoms with Gasteiger partial charge in [0.05, 0.1) is 0 Å². The van der Waals surface area contributed by atoms with Crippen molar-refractivity contribution in [3.63, 3.8) is 0 Å². The van der Waals surface area contributed by atoms with Crippen LogP contribution < -0.4 is 5.73 Å². The van der Waals surface area contributed by atoms with Crippen LogP contribution >= 0.6 is 0 Å². The Hall–Kier alpha value is -0.770. The number of hydrogen-bond donors (Lipinski definition) is 1. The summed E-state index contributed by atoms with van der Waals surface area (Å²) in [5.41, 5.74) is 5.44. The van der Waals surface area contributed by atoms with Crippen molar-refractivity contribution in [1.82, 2.24) is 9.80 Å². The largest absolute Gasteiger partial charge is 0.329 e. The maximum Gasteiger partial charge on any atom is 0.319 e. The fourth-order valence-electron chi connectivity index (χ4n) is 1.97. The van der Waals surface area contributed by atoms with Gasteiger partial charge in [-0.25, -0.2) is 4.79 Å². The first-order valence-corrected chi connectivity index (χ1v) is 5.96. The number of urea groups is 1. The molecule has 0 aliphatic carbocycles. The number of likely N-dealkylation sites (tertiary alicyclic amines) is 1. The van der Waals surface area contributed by atoms with Crippen molar-refractivity contribution in [3.8, 4) is 0 Å². The van der Waals surface area contributed by atoms with E-state index in [1.54, 1.807) is 4.90 Å². The Morgan fingerprint density at radius 3 is 2.27 bits per heavy atom. The third-order valence-corrected chi connectivity index (χ3v) is 2.92. The Morgan fingerprint density at radius 2 is 1.73 bits per heavy atom. The molecule has 88 valence electrons. The molecule has 1 heterocycles. The molecule has 0 unspecified atom stereocenters. The summed E-state index contributed by atoms with van der Waals surface area (Å²) in [4.78, 5) is 15.6. The number of rotatable bonds is 2. The van der Waals surface area contributed by atoms with Crippen LogP contribution in [0.4, 0.5) is 4.79 Å². The van der Waals surface area contributed by atoms with Crippen LogP contribution in [0.1, 0.15) is 32.1 Å². The lowest BCUT2D eigenvalue weighted by atomic mass is 10.1. The first kappa shape index (κ1) is 12.3. The molecule has 15 heavy (non-hydrogen) atoms. The molecule has 1 fully saturated rings. The molecule has 4 heteroatoms. The zero-order valence-electron chi connectivity index (χ0n) is 9.74. The molecule has 1 aliphatic rings. The van der Waals surface area contributed by atoms with E-state index in [2.05, 4.69) is 0 Å². The van der Waals surface area contributed by atoms with Gasteiger partial charge in [-0.3, -0.25) is 0 Å². The van der Waals surface area contributed by atoms with Gasteiger partial charge in [0.25, 0.3) is 0 Å². The molecule has 0 bridgehead atoms. The second kappa shape index (κ2) is 6.67. The molecule has 0 aromatic carbocycles. The number of carbonyl (C=O) groups excluding carboxylic acids is 1. The number of carbonyl (C=O) groups is 1. The molecule has 0 aromatic rings. The molecular formula is C11H23N3O. The third kappa shape index (κ3) is 4.08. The van der Waals surface area contributed by atoms with E-state index in [4.69, 9.17) is 5.73 Å². The van der Waals surface area contributed by atoms with Crippen LogP contribution in [0, 0.1) is 0 Å². The SMILES string of the molecule is CN(CCN)C(=O)N1CCCCCCC1. The standard InChI is InChI=1S/C11H23N3O/c1-13(10-7-12)11(15)14-8-5-3-2-4-6-9-14/h2-10,12H2,1H3. The topological polar surface area (TPSA) is 49.6 Å². The molecule has 4 nitrogen and oxygen atoms in total. The molecule has 2 N–H and O–H groups in total. The molecule has 0 aromatic heterocycles. The van der Waals surface area contributed by atoms with Crippen LogP contribution in [0.5, 0.6) is 0 Å². The molecule has 1 aliphatic heterocycles. The monoisotopic (exact) mass is 213 g/mol. The Balaban J connectivity index is 2.40. The molecular weight excluding hydrogens is 190 g/mol. The summed E-state index contributed by atoms with van der Waals surface area (Å²) in [6.07, 6.45) is 6.11. The molecule has 1 rings (SSSR count). The van der Waals surface area contributed by atoms with E-state index in [1.807, 2.05) is 11.9 Å². The molecule has 0 spiro atoms. The summed E-state index contributed by atoms with van der Waals surface area (Å²) in [7, 11) is 1.83. The van der Waals surface area contributed by atoms with E-state index in [1.165, 1.54) is 19.3 Å². The maximum atomic E-state index is 11.9. The van der Waals surface area contributed by atoms with E-state index in [0.29, 0.717) is 13.1 Å². The number of likely N-dealkylation sites (N-methyl/N-ethyl adjacent to an activating group) is 1. The second-order valence-corrected chi connectivity index (χ2v) is 4.25. The van der Waals surface area contributed by atoms with Crippen LogP contribution in [0.25, 0.3) is 0 Å². The van der Waals surface area contributed by atoms with Crippen molar-refractivity contribution < 1.29 is 4.79 Å². The van der Waals surface area contributed by atoms with Crippen molar-refractivity contribution in [2.45, 2.75) is 32.1 Å².